The van der Waals surface area contributed by atoms with E-state index in [1.165, 1.54) is 11.9 Å². The molecule has 0 amide bonds. The molecule has 0 spiro atoms. The third-order valence-electron chi connectivity index (χ3n) is 3.83. The van der Waals surface area contributed by atoms with Gasteiger partial charge in [-0.15, -0.1) is 0 Å². The van der Waals surface area contributed by atoms with Gasteiger partial charge >= 0.3 is 0 Å². The van der Waals surface area contributed by atoms with E-state index in [1.807, 2.05) is 12.4 Å². The Hall–Kier alpha value is -1.39. The topological polar surface area (TPSA) is 29.9 Å². The van der Waals surface area contributed by atoms with Crippen LogP contribution in [0.25, 0.3) is 0 Å². The summed E-state index contributed by atoms with van der Waals surface area (Å²) in [6, 6.07) is 4.80. The highest BCUT2D eigenvalue weighted by atomic mass is 35.5. The van der Waals surface area contributed by atoms with Gasteiger partial charge in [0.2, 0.25) is 0 Å². The Morgan fingerprint density at radius 3 is 3.20 bits per heavy atom. The van der Waals surface area contributed by atoms with Crippen LogP contribution in [0.2, 0.25) is 5.02 Å². The van der Waals surface area contributed by atoms with Gasteiger partial charge in [-0.25, -0.2) is 9.37 Å². The highest BCUT2D eigenvalue weighted by Crippen LogP contribution is 2.20. The molecule has 3 nitrogen and oxygen atoms in total. The fourth-order valence-corrected chi connectivity index (χ4v) is 2.94. The number of benzene rings is 1. The molecule has 1 atom stereocenters. The van der Waals surface area contributed by atoms with Crippen molar-refractivity contribution in [3.05, 3.63) is 52.8 Å². The Morgan fingerprint density at radius 2 is 2.35 bits per heavy atom. The van der Waals surface area contributed by atoms with E-state index in [1.54, 1.807) is 12.1 Å². The van der Waals surface area contributed by atoms with Gasteiger partial charge in [0.1, 0.15) is 11.6 Å². The van der Waals surface area contributed by atoms with Crippen LogP contribution in [0.4, 0.5) is 4.39 Å². The van der Waals surface area contributed by atoms with Crippen LogP contribution in [-0.4, -0.2) is 16.1 Å². The van der Waals surface area contributed by atoms with Crippen LogP contribution in [0.5, 0.6) is 0 Å². The van der Waals surface area contributed by atoms with Crippen molar-refractivity contribution in [3.8, 4) is 0 Å². The highest BCUT2D eigenvalue weighted by Gasteiger charge is 2.18. The van der Waals surface area contributed by atoms with Gasteiger partial charge in [-0.3, -0.25) is 0 Å². The van der Waals surface area contributed by atoms with E-state index in [2.05, 4.69) is 14.9 Å². The van der Waals surface area contributed by atoms with E-state index < -0.39 is 0 Å². The summed E-state index contributed by atoms with van der Waals surface area (Å²) in [5.74, 6) is 1.48. The molecule has 1 aliphatic rings. The molecular weight excluding hydrogens is 277 g/mol. The molecule has 0 radical (unpaired) electrons. The number of aryl methyl sites for hydroxylation is 1. The Morgan fingerprint density at radius 1 is 1.45 bits per heavy atom. The summed E-state index contributed by atoms with van der Waals surface area (Å²) in [6.45, 7) is 2.31. The molecule has 1 aliphatic heterocycles. The van der Waals surface area contributed by atoms with E-state index in [0.717, 1.165) is 25.9 Å². The van der Waals surface area contributed by atoms with E-state index in [4.69, 9.17) is 11.6 Å². The first-order chi connectivity index (χ1) is 9.74. The van der Waals surface area contributed by atoms with Gasteiger partial charge in [0.25, 0.3) is 0 Å². The molecule has 0 bridgehead atoms. The summed E-state index contributed by atoms with van der Waals surface area (Å²) in [5, 5.41) is 3.80. The number of rotatable bonds is 4. The number of aromatic nitrogens is 2. The fourth-order valence-electron chi connectivity index (χ4n) is 2.71. The summed E-state index contributed by atoms with van der Waals surface area (Å²) in [5.41, 5.74) is 0.549. The molecule has 0 aliphatic carbocycles. The molecule has 1 unspecified atom stereocenters. The standard InChI is InChI=1S/C15H17ClFN3/c16-13-2-1-3-14(17)12(13)9-18-8-11-4-5-15-19-6-7-20(15)10-11/h1-3,6-7,11,18H,4-5,8-10H2. The van der Waals surface area contributed by atoms with Gasteiger partial charge in [0, 0.05) is 42.5 Å². The number of halogens is 2. The molecule has 0 fully saturated rings. The van der Waals surface area contributed by atoms with E-state index in [0.29, 0.717) is 23.0 Å². The fraction of sp³-hybridized carbons (Fsp3) is 0.400. The second-order valence-corrected chi connectivity index (χ2v) is 5.64. The van der Waals surface area contributed by atoms with Crippen molar-refractivity contribution in [1.29, 1.82) is 0 Å². The van der Waals surface area contributed by atoms with Crippen molar-refractivity contribution in [1.82, 2.24) is 14.9 Å². The van der Waals surface area contributed by atoms with Crippen LogP contribution in [0.3, 0.4) is 0 Å². The van der Waals surface area contributed by atoms with Gasteiger partial charge in [0.05, 0.1) is 0 Å². The third-order valence-corrected chi connectivity index (χ3v) is 4.18. The van der Waals surface area contributed by atoms with Crippen molar-refractivity contribution < 1.29 is 4.39 Å². The maximum Gasteiger partial charge on any atom is 0.129 e. The summed E-state index contributed by atoms with van der Waals surface area (Å²) in [6.07, 6.45) is 6.01. The smallest absolute Gasteiger partial charge is 0.129 e. The minimum atomic E-state index is -0.245. The Labute approximate surface area is 122 Å². The predicted octanol–water partition coefficient (Wildman–Crippen LogP) is 3.03. The number of imidazole rings is 1. The van der Waals surface area contributed by atoms with Crippen molar-refractivity contribution in [2.75, 3.05) is 6.54 Å². The molecule has 1 aromatic carbocycles. The molecule has 20 heavy (non-hydrogen) atoms. The van der Waals surface area contributed by atoms with Gasteiger partial charge in [-0.05, 0) is 31.0 Å². The molecular formula is C15H17ClFN3. The van der Waals surface area contributed by atoms with Crippen LogP contribution in [0.1, 0.15) is 17.8 Å². The normalized spacial score (nSPS) is 18.0. The van der Waals surface area contributed by atoms with Crippen LogP contribution in [0.15, 0.2) is 30.6 Å². The molecule has 1 N–H and O–H groups in total. The number of hydrogen-bond donors (Lipinski definition) is 1. The number of fused-ring (bicyclic) bond motifs is 1. The summed E-state index contributed by atoms with van der Waals surface area (Å²) >= 11 is 6.01. The second-order valence-electron chi connectivity index (χ2n) is 5.23. The lowest BCUT2D eigenvalue weighted by atomic mass is 9.99. The van der Waals surface area contributed by atoms with Crippen molar-refractivity contribution >= 4 is 11.6 Å². The van der Waals surface area contributed by atoms with Crippen molar-refractivity contribution in [2.24, 2.45) is 5.92 Å². The van der Waals surface area contributed by atoms with Gasteiger partial charge < -0.3 is 9.88 Å². The van der Waals surface area contributed by atoms with Gasteiger partial charge in [0.15, 0.2) is 0 Å². The van der Waals surface area contributed by atoms with Crippen molar-refractivity contribution in [2.45, 2.75) is 25.9 Å². The van der Waals surface area contributed by atoms with Crippen LogP contribution < -0.4 is 5.32 Å². The first kappa shape index (κ1) is 13.6. The molecule has 3 rings (SSSR count). The first-order valence-corrected chi connectivity index (χ1v) is 7.25. The van der Waals surface area contributed by atoms with Crippen LogP contribution in [-0.2, 0) is 19.5 Å². The molecule has 106 valence electrons. The van der Waals surface area contributed by atoms with E-state index in [-0.39, 0.29) is 5.82 Å². The maximum atomic E-state index is 13.6. The minimum Gasteiger partial charge on any atom is -0.335 e. The molecule has 2 heterocycles. The van der Waals surface area contributed by atoms with Crippen molar-refractivity contribution in [3.63, 3.8) is 0 Å². The maximum absolute atomic E-state index is 13.6. The Bertz CT molecular complexity index is 576. The molecule has 5 heteroatoms. The lowest BCUT2D eigenvalue weighted by Gasteiger charge is -2.24. The zero-order valence-corrected chi connectivity index (χ0v) is 11.9. The van der Waals surface area contributed by atoms with E-state index >= 15 is 0 Å². The SMILES string of the molecule is Fc1cccc(Cl)c1CNCC1CCc2nccn2C1. The Kier molecular flexibility index (Phi) is 4.03. The first-order valence-electron chi connectivity index (χ1n) is 6.87. The zero-order chi connectivity index (χ0) is 13.9. The monoisotopic (exact) mass is 293 g/mol. The zero-order valence-electron chi connectivity index (χ0n) is 11.1. The Balaban J connectivity index is 1.54. The lowest BCUT2D eigenvalue weighted by Crippen LogP contribution is -2.30. The lowest BCUT2D eigenvalue weighted by molar-refractivity contribution is 0.346. The summed E-state index contributed by atoms with van der Waals surface area (Å²) in [7, 11) is 0. The van der Waals surface area contributed by atoms with Gasteiger partial charge in [-0.2, -0.15) is 0 Å². The number of hydrogen-bond acceptors (Lipinski definition) is 2. The van der Waals surface area contributed by atoms with E-state index in [9.17, 15) is 4.39 Å². The number of nitrogens with zero attached hydrogens (tertiary/aromatic N) is 2. The minimum absolute atomic E-state index is 0.245. The molecule has 2 aromatic rings. The van der Waals surface area contributed by atoms with Gasteiger partial charge in [-0.1, -0.05) is 17.7 Å². The quantitative estimate of drug-likeness (QED) is 0.939. The molecule has 0 saturated carbocycles. The second kappa shape index (κ2) is 5.94. The molecule has 1 aromatic heterocycles. The summed E-state index contributed by atoms with van der Waals surface area (Å²) in [4.78, 5) is 4.32. The predicted molar refractivity (Wildman–Crippen MR) is 77.2 cm³/mol. The average Bonchev–Trinajstić information content (AvgIpc) is 2.89. The largest absolute Gasteiger partial charge is 0.335 e. The summed E-state index contributed by atoms with van der Waals surface area (Å²) < 4.78 is 15.8. The number of nitrogens with one attached hydrogen (secondary N) is 1. The van der Waals surface area contributed by atoms with Crippen LogP contribution >= 0.6 is 11.6 Å². The average molecular weight is 294 g/mol. The van der Waals surface area contributed by atoms with Crippen LogP contribution in [0, 0.1) is 11.7 Å². The highest BCUT2D eigenvalue weighted by molar-refractivity contribution is 6.31. The third kappa shape index (κ3) is 2.86. The molecule has 0 saturated heterocycles.